The van der Waals surface area contributed by atoms with Crippen LogP contribution in [0.4, 0.5) is 0 Å². The van der Waals surface area contributed by atoms with E-state index in [2.05, 4.69) is 10.9 Å². The van der Waals surface area contributed by atoms with Gasteiger partial charge in [-0.25, -0.2) is 4.79 Å². The average Bonchev–Trinajstić information content (AvgIpc) is 3.27. The van der Waals surface area contributed by atoms with Gasteiger partial charge in [-0.05, 0) is 58.9 Å². The zero-order valence-corrected chi connectivity index (χ0v) is 24.3. The maximum absolute atomic E-state index is 14.1. The highest BCUT2D eigenvalue weighted by Gasteiger charge is 2.63. The molecule has 0 radical (unpaired) electrons. The summed E-state index contributed by atoms with van der Waals surface area (Å²) >= 11 is 5.84. The smallest absolute Gasteiger partial charge is 0.329 e. The van der Waals surface area contributed by atoms with Crippen molar-refractivity contribution >= 4 is 41.2 Å². The first-order valence-corrected chi connectivity index (χ1v) is 14.6. The zero-order valence-electron chi connectivity index (χ0n) is 23.6. The van der Waals surface area contributed by atoms with Crippen LogP contribution in [0, 0.1) is 17.8 Å². The quantitative estimate of drug-likeness (QED) is 0.241. The summed E-state index contributed by atoms with van der Waals surface area (Å²) in [6, 6.07) is 20.7. The van der Waals surface area contributed by atoms with Crippen molar-refractivity contribution in [3.05, 3.63) is 106 Å². The van der Waals surface area contributed by atoms with Gasteiger partial charge in [0.2, 0.25) is 11.8 Å². The number of hydrazine groups is 1. The number of imide groups is 1. The van der Waals surface area contributed by atoms with Crippen LogP contribution >= 0.6 is 11.6 Å². The SMILES string of the molecule is CC(C)C[C@H](C(=O)OCC(=O)NNC(=O)c1ccc(Cl)cc1)N1C(=O)[C@H]2C3c4ccccc4C(c4ccccc43)[C@@H]2C1=O. The summed E-state index contributed by atoms with van der Waals surface area (Å²) in [5.74, 6) is -4.91. The van der Waals surface area contributed by atoms with Gasteiger partial charge in [-0.15, -0.1) is 0 Å². The first-order chi connectivity index (χ1) is 20.7. The minimum Gasteiger partial charge on any atom is -0.454 e. The molecule has 10 heteroatoms. The first kappa shape index (κ1) is 28.6. The zero-order chi connectivity index (χ0) is 30.4. The Kier molecular flexibility index (Phi) is 7.52. The van der Waals surface area contributed by atoms with Gasteiger partial charge in [0.25, 0.3) is 11.8 Å². The van der Waals surface area contributed by atoms with E-state index < -0.39 is 54.1 Å². The minimum atomic E-state index is -1.19. The van der Waals surface area contributed by atoms with E-state index in [1.807, 2.05) is 62.4 Å². The highest BCUT2D eigenvalue weighted by atomic mass is 35.5. The summed E-state index contributed by atoms with van der Waals surface area (Å²) in [5, 5.41) is 0.458. The van der Waals surface area contributed by atoms with Crippen LogP contribution in [0.3, 0.4) is 0 Å². The number of rotatable bonds is 7. The van der Waals surface area contributed by atoms with E-state index in [-0.39, 0.29) is 29.7 Å². The van der Waals surface area contributed by atoms with E-state index in [1.165, 1.54) is 24.3 Å². The molecule has 3 aromatic rings. The standard InChI is InChI=1S/C33H30ClN3O6/c1-17(2)15-24(33(42)43-16-25(38)35-36-30(39)18-11-13-19(34)14-12-18)37-31(40)28-26-20-7-3-4-8-21(20)27(29(28)32(37)41)23-10-6-5-9-22(23)26/h3-14,17,24,26-29H,15-16H2,1-2H3,(H,35,38)(H,36,39)/t24-,26?,27?,28+,29+/m1/s1. The van der Waals surface area contributed by atoms with Crippen LogP contribution in [-0.2, 0) is 23.9 Å². The molecule has 3 atom stereocenters. The van der Waals surface area contributed by atoms with Crippen LogP contribution < -0.4 is 10.9 Å². The van der Waals surface area contributed by atoms with Crippen molar-refractivity contribution in [2.45, 2.75) is 38.1 Å². The van der Waals surface area contributed by atoms with E-state index in [0.29, 0.717) is 5.02 Å². The molecule has 220 valence electrons. The summed E-state index contributed by atoms with van der Waals surface area (Å²) in [7, 11) is 0. The number of halogens is 1. The second-order valence-electron chi connectivity index (χ2n) is 11.6. The Balaban J connectivity index is 1.19. The maximum Gasteiger partial charge on any atom is 0.329 e. The second kappa shape index (κ2) is 11.3. The Bertz CT molecular complexity index is 1520. The number of nitrogens with one attached hydrogen (secondary N) is 2. The number of carbonyl (C=O) groups is 5. The molecule has 1 aliphatic heterocycles. The van der Waals surface area contributed by atoms with Crippen molar-refractivity contribution < 1.29 is 28.7 Å². The fourth-order valence-corrected chi connectivity index (χ4v) is 6.96. The van der Waals surface area contributed by atoms with E-state index in [4.69, 9.17) is 16.3 Å². The van der Waals surface area contributed by atoms with Crippen molar-refractivity contribution in [1.29, 1.82) is 0 Å². The Morgan fingerprint density at radius 2 is 1.28 bits per heavy atom. The molecular weight excluding hydrogens is 570 g/mol. The summed E-state index contributed by atoms with van der Waals surface area (Å²) in [5.41, 5.74) is 8.87. The van der Waals surface area contributed by atoms with Crippen LogP contribution in [0.15, 0.2) is 72.8 Å². The Morgan fingerprint density at radius 1 is 0.791 bits per heavy atom. The van der Waals surface area contributed by atoms with Crippen LogP contribution in [0.25, 0.3) is 0 Å². The van der Waals surface area contributed by atoms with Crippen molar-refractivity contribution in [3.8, 4) is 0 Å². The van der Waals surface area contributed by atoms with Crippen molar-refractivity contribution in [2.24, 2.45) is 17.8 Å². The number of hydrogen-bond donors (Lipinski definition) is 2. The highest BCUT2D eigenvalue weighted by molar-refractivity contribution is 6.30. The number of nitrogens with zero attached hydrogens (tertiary/aromatic N) is 1. The number of esters is 1. The summed E-state index contributed by atoms with van der Waals surface area (Å²) in [6.45, 7) is 3.05. The second-order valence-corrected chi connectivity index (χ2v) is 12.0. The predicted octanol–water partition coefficient (Wildman–Crippen LogP) is 3.95. The van der Waals surface area contributed by atoms with Gasteiger partial charge in [-0.2, -0.15) is 0 Å². The van der Waals surface area contributed by atoms with Gasteiger partial charge in [0.05, 0.1) is 11.8 Å². The average molecular weight is 600 g/mol. The molecule has 3 aliphatic carbocycles. The molecule has 0 unspecified atom stereocenters. The molecule has 1 fully saturated rings. The lowest BCUT2D eigenvalue weighted by Crippen LogP contribution is -2.48. The minimum absolute atomic E-state index is 0.0561. The van der Waals surface area contributed by atoms with Gasteiger partial charge in [0.1, 0.15) is 6.04 Å². The van der Waals surface area contributed by atoms with E-state index in [9.17, 15) is 24.0 Å². The number of carbonyl (C=O) groups excluding carboxylic acids is 5. The van der Waals surface area contributed by atoms with Crippen LogP contribution in [-0.4, -0.2) is 47.1 Å². The van der Waals surface area contributed by atoms with Crippen molar-refractivity contribution in [1.82, 2.24) is 15.8 Å². The van der Waals surface area contributed by atoms with Gasteiger partial charge >= 0.3 is 5.97 Å². The molecule has 2 bridgehead atoms. The molecule has 1 heterocycles. The van der Waals surface area contributed by atoms with E-state index in [1.54, 1.807) is 0 Å². The molecule has 7 rings (SSSR count). The number of likely N-dealkylation sites (tertiary alicyclic amines) is 1. The number of benzene rings is 3. The third kappa shape index (κ3) is 4.97. The first-order valence-electron chi connectivity index (χ1n) is 14.2. The fraction of sp³-hybridized carbons (Fsp3) is 0.303. The van der Waals surface area contributed by atoms with Crippen molar-refractivity contribution in [2.75, 3.05) is 6.61 Å². The Hall–Kier alpha value is -4.50. The third-order valence-corrected chi connectivity index (χ3v) is 8.78. The summed E-state index contributed by atoms with van der Waals surface area (Å²) in [6.07, 6.45) is 0.180. The van der Waals surface area contributed by atoms with Crippen molar-refractivity contribution in [3.63, 3.8) is 0 Å². The molecule has 43 heavy (non-hydrogen) atoms. The highest BCUT2D eigenvalue weighted by Crippen LogP contribution is 2.61. The summed E-state index contributed by atoms with van der Waals surface area (Å²) < 4.78 is 5.31. The van der Waals surface area contributed by atoms with Crippen LogP contribution in [0.2, 0.25) is 5.02 Å². The monoisotopic (exact) mass is 599 g/mol. The lowest BCUT2D eigenvalue weighted by Gasteiger charge is -2.45. The van der Waals surface area contributed by atoms with Gasteiger partial charge in [-0.1, -0.05) is 74.0 Å². The molecule has 0 spiro atoms. The maximum atomic E-state index is 14.1. The normalized spacial score (nSPS) is 22.0. The molecular formula is C33H30ClN3O6. The molecule has 2 N–H and O–H groups in total. The predicted molar refractivity (Wildman–Crippen MR) is 157 cm³/mol. The van der Waals surface area contributed by atoms with Crippen LogP contribution in [0.1, 0.15) is 64.7 Å². The molecule has 4 aliphatic rings. The number of hydrogen-bond acceptors (Lipinski definition) is 6. The number of ether oxygens (including phenoxy) is 1. The van der Waals surface area contributed by atoms with Gasteiger partial charge in [0, 0.05) is 22.4 Å². The largest absolute Gasteiger partial charge is 0.454 e. The van der Waals surface area contributed by atoms with E-state index >= 15 is 0 Å². The van der Waals surface area contributed by atoms with Gasteiger partial charge in [-0.3, -0.25) is 34.9 Å². The molecule has 0 aromatic heterocycles. The van der Waals surface area contributed by atoms with Gasteiger partial charge < -0.3 is 4.74 Å². The topological polar surface area (TPSA) is 122 Å². The third-order valence-electron chi connectivity index (χ3n) is 8.53. The molecule has 4 amide bonds. The summed E-state index contributed by atoms with van der Waals surface area (Å²) in [4.78, 5) is 67.4. The fourth-order valence-electron chi connectivity index (χ4n) is 6.83. The molecule has 9 nitrogen and oxygen atoms in total. The molecule has 3 aromatic carbocycles. The van der Waals surface area contributed by atoms with Gasteiger partial charge in [0.15, 0.2) is 6.61 Å². The Morgan fingerprint density at radius 3 is 1.74 bits per heavy atom. The molecule has 0 saturated carbocycles. The lowest BCUT2D eigenvalue weighted by molar-refractivity contribution is -0.161. The number of amides is 4. The lowest BCUT2D eigenvalue weighted by atomic mass is 9.55. The van der Waals surface area contributed by atoms with E-state index in [0.717, 1.165) is 27.2 Å². The Labute approximate surface area is 253 Å². The van der Waals surface area contributed by atoms with Crippen LogP contribution in [0.5, 0.6) is 0 Å². The molecule has 1 saturated heterocycles.